The van der Waals surface area contributed by atoms with Crippen LogP contribution in [0.3, 0.4) is 0 Å². The van der Waals surface area contributed by atoms with Crippen molar-refractivity contribution in [2.45, 2.75) is 17.6 Å². The van der Waals surface area contributed by atoms with Gasteiger partial charge in [0.2, 0.25) is 5.75 Å². The number of aryl methyl sites for hydroxylation is 1. The maximum absolute atomic E-state index is 13.2. The second kappa shape index (κ2) is 9.29. The molecule has 0 radical (unpaired) electrons. The van der Waals surface area contributed by atoms with Gasteiger partial charge in [-0.1, -0.05) is 78.4 Å². The van der Waals surface area contributed by atoms with Crippen molar-refractivity contribution in [2.24, 2.45) is 0 Å². The highest BCUT2D eigenvalue weighted by molar-refractivity contribution is 7.87. The SMILES string of the molecule is Cc1ccc(S(=O)(=O)Oc2cc(C(=O)N(C)C)cc3c2OC(c2ccccc2)(c2ccccc2)O3)cc1. The van der Waals surface area contributed by atoms with E-state index in [9.17, 15) is 13.2 Å². The summed E-state index contributed by atoms with van der Waals surface area (Å²) >= 11 is 0. The first-order valence-corrected chi connectivity index (χ1v) is 13.0. The Hall–Kier alpha value is -4.30. The summed E-state index contributed by atoms with van der Waals surface area (Å²) in [6.45, 7) is 1.86. The van der Waals surface area contributed by atoms with Crippen LogP contribution < -0.4 is 13.7 Å². The van der Waals surface area contributed by atoms with Gasteiger partial charge in [0.15, 0.2) is 11.5 Å². The topological polar surface area (TPSA) is 82.1 Å². The fraction of sp³-hybridized carbons (Fsp3) is 0.138. The zero-order chi connectivity index (χ0) is 26.2. The summed E-state index contributed by atoms with van der Waals surface area (Å²) in [5, 5.41) is 0. The predicted octanol–water partition coefficient (Wildman–Crippen LogP) is 5.14. The van der Waals surface area contributed by atoms with E-state index in [1.54, 1.807) is 26.2 Å². The highest BCUT2D eigenvalue weighted by Gasteiger charge is 2.47. The minimum atomic E-state index is -4.24. The largest absolute Gasteiger partial charge is 0.440 e. The van der Waals surface area contributed by atoms with E-state index >= 15 is 0 Å². The average Bonchev–Trinajstić information content (AvgIpc) is 3.30. The number of ether oxygens (including phenoxy) is 2. The zero-order valence-corrected chi connectivity index (χ0v) is 21.4. The number of hydrogen-bond donors (Lipinski definition) is 0. The van der Waals surface area contributed by atoms with E-state index in [4.69, 9.17) is 13.7 Å². The Balaban J connectivity index is 1.67. The van der Waals surface area contributed by atoms with E-state index < -0.39 is 15.9 Å². The van der Waals surface area contributed by atoms with Crippen LogP contribution in [0.25, 0.3) is 0 Å². The smallest absolute Gasteiger partial charge is 0.339 e. The number of fused-ring (bicyclic) bond motifs is 1. The Bertz CT molecular complexity index is 1510. The Labute approximate surface area is 216 Å². The van der Waals surface area contributed by atoms with Crippen molar-refractivity contribution in [1.82, 2.24) is 4.90 Å². The molecule has 4 aromatic carbocycles. The molecule has 5 rings (SSSR count). The van der Waals surface area contributed by atoms with Crippen LogP contribution in [0.4, 0.5) is 0 Å². The molecule has 1 aliphatic rings. The van der Waals surface area contributed by atoms with Crippen molar-refractivity contribution in [2.75, 3.05) is 14.1 Å². The van der Waals surface area contributed by atoms with Gasteiger partial charge in [0.25, 0.3) is 5.91 Å². The van der Waals surface area contributed by atoms with Gasteiger partial charge in [0.05, 0.1) is 0 Å². The van der Waals surface area contributed by atoms with Gasteiger partial charge in [0, 0.05) is 30.8 Å². The van der Waals surface area contributed by atoms with Gasteiger partial charge in [-0.25, -0.2) is 0 Å². The minimum absolute atomic E-state index is 0.0208. The number of carbonyl (C=O) groups is 1. The Morgan fingerprint density at radius 3 is 1.92 bits per heavy atom. The van der Waals surface area contributed by atoms with Gasteiger partial charge in [-0.05, 0) is 31.2 Å². The molecule has 8 heteroatoms. The molecule has 0 fully saturated rings. The summed E-state index contributed by atoms with van der Waals surface area (Å²) < 4.78 is 44.9. The molecule has 4 aromatic rings. The Kier molecular flexibility index (Phi) is 6.13. The third-order valence-corrected chi connectivity index (χ3v) is 7.24. The summed E-state index contributed by atoms with van der Waals surface area (Å²) in [6.07, 6.45) is 0. The van der Waals surface area contributed by atoms with Crippen molar-refractivity contribution in [1.29, 1.82) is 0 Å². The maximum atomic E-state index is 13.2. The van der Waals surface area contributed by atoms with Crippen LogP contribution in [0, 0.1) is 6.92 Å². The molecule has 37 heavy (non-hydrogen) atoms. The number of carbonyl (C=O) groups excluding carboxylic acids is 1. The molecule has 0 N–H and O–H groups in total. The lowest BCUT2D eigenvalue weighted by Gasteiger charge is -2.28. The first-order valence-electron chi connectivity index (χ1n) is 11.6. The monoisotopic (exact) mass is 515 g/mol. The molecule has 1 heterocycles. The summed E-state index contributed by atoms with van der Waals surface area (Å²) in [5.74, 6) is -1.64. The standard InChI is InChI=1S/C29H25NO6S/c1-20-14-16-24(17-15-20)37(32,33)36-26-19-21(28(31)30(2)3)18-25-27(26)35-29(34-25,22-10-6-4-7-11-22)23-12-8-5-9-13-23/h4-19H,1-3H3. The Morgan fingerprint density at radius 2 is 1.38 bits per heavy atom. The molecule has 0 unspecified atom stereocenters. The van der Waals surface area contributed by atoms with E-state index in [0.29, 0.717) is 11.1 Å². The second-order valence-electron chi connectivity index (χ2n) is 8.90. The van der Waals surface area contributed by atoms with Crippen molar-refractivity contribution in [3.8, 4) is 17.2 Å². The van der Waals surface area contributed by atoms with E-state index in [1.807, 2.05) is 67.6 Å². The van der Waals surface area contributed by atoms with Crippen molar-refractivity contribution in [3.05, 3.63) is 119 Å². The van der Waals surface area contributed by atoms with Crippen LogP contribution in [0.15, 0.2) is 102 Å². The fourth-order valence-corrected chi connectivity index (χ4v) is 5.03. The number of rotatable bonds is 6. The Morgan fingerprint density at radius 1 is 0.811 bits per heavy atom. The van der Waals surface area contributed by atoms with Gasteiger partial charge in [0.1, 0.15) is 4.90 Å². The molecule has 7 nitrogen and oxygen atoms in total. The molecule has 0 saturated heterocycles. The predicted molar refractivity (Wildman–Crippen MR) is 138 cm³/mol. The van der Waals surface area contributed by atoms with Gasteiger partial charge < -0.3 is 18.6 Å². The number of nitrogens with zero attached hydrogens (tertiary/aromatic N) is 1. The molecular formula is C29H25NO6S. The normalized spacial score (nSPS) is 13.7. The quantitative estimate of drug-likeness (QED) is 0.331. The minimum Gasteiger partial charge on any atom is -0.440 e. The van der Waals surface area contributed by atoms with Gasteiger partial charge in [-0.15, -0.1) is 0 Å². The second-order valence-corrected chi connectivity index (χ2v) is 10.5. The van der Waals surface area contributed by atoms with Crippen molar-refractivity contribution in [3.63, 3.8) is 0 Å². The van der Waals surface area contributed by atoms with Crippen molar-refractivity contribution < 1.29 is 26.9 Å². The van der Waals surface area contributed by atoms with Crippen LogP contribution in [-0.2, 0) is 15.9 Å². The lowest BCUT2D eigenvalue weighted by atomic mass is 9.97. The van der Waals surface area contributed by atoms with E-state index in [2.05, 4.69) is 0 Å². The lowest BCUT2D eigenvalue weighted by molar-refractivity contribution is -0.0464. The van der Waals surface area contributed by atoms with Crippen LogP contribution >= 0.6 is 0 Å². The molecule has 0 atom stereocenters. The lowest BCUT2D eigenvalue weighted by Crippen LogP contribution is -2.36. The van der Waals surface area contributed by atoms with Crippen LogP contribution in [0.2, 0.25) is 0 Å². The maximum Gasteiger partial charge on any atom is 0.339 e. The van der Waals surface area contributed by atoms with E-state index in [1.165, 1.54) is 29.2 Å². The molecule has 188 valence electrons. The van der Waals surface area contributed by atoms with Gasteiger partial charge in [-0.3, -0.25) is 4.79 Å². The number of amides is 1. The molecule has 0 spiro atoms. The first kappa shape index (κ1) is 24.4. The third-order valence-electron chi connectivity index (χ3n) is 5.99. The average molecular weight is 516 g/mol. The summed E-state index contributed by atoms with van der Waals surface area (Å²) in [4.78, 5) is 14.3. The van der Waals surface area contributed by atoms with Gasteiger partial charge in [-0.2, -0.15) is 8.42 Å². The number of benzene rings is 4. The highest BCUT2D eigenvalue weighted by atomic mass is 32.2. The van der Waals surface area contributed by atoms with Crippen molar-refractivity contribution >= 4 is 16.0 Å². The molecule has 0 bridgehead atoms. The van der Waals surface area contributed by atoms with E-state index in [-0.39, 0.29) is 33.6 Å². The molecule has 0 saturated carbocycles. The molecule has 1 amide bonds. The van der Waals surface area contributed by atoms with Crippen LogP contribution in [-0.4, -0.2) is 33.3 Å². The molecule has 1 aliphatic heterocycles. The summed E-state index contributed by atoms with van der Waals surface area (Å²) in [6, 6.07) is 27.8. The third kappa shape index (κ3) is 4.51. The first-order chi connectivity index (χ1) is 17.7. The van der Waals surface area contributed by atoms with Crippen LogP contribution in [0.5, 0.6) is 17.2 Å². The molecule has 0 aromatic heterocycles. The zero-order valence-electron chi connectivity index (χ0n) is 20.5. The highest BCUT2D eigenvalue weighted by Crippen LogP contribution is 2.53. The fourth-order valence-electron chi connectivity index (χ4n) is 4.10. The van der Waals surface area contributed by atoms with Gasteiger partial charge >= 0.3 is 15.9 Å². The summed E-state index contributed by atoms with van der Waals surface area (Å²) in [5.41, 5.74) is 2.47. The summed E-state index contributed by atoms with van der Waals surface area (Å²) in [7, 11) is -1.03. The number of hydrogen-bond acceptors (Lipinski definition) is 6. The molecule has 0 aliphatic carbocycles. The van der Waals surface area contributed by atoms with E-state index in [0.717, 1.165) is 5.56 Å². The molecular weight excluding hydrogens is 490 g/mol. The van der Waals surface area contributed by atoms with Crippen LogP contribution in [0.1, 0.15) is 27.0 Å².